The average molecular weight is 270 g/mol. The molecule has 0 aliphatic rings. The smallest absolute Gasteiger partial charge is 0.126 e. The van der Waals surface area contributed by atoms with Gasteiger partial charge in [-0.25, -0.2) is 0 Å². The normalized spacial score (nSPS) is 10.7. The Hall–Kier alpha value is -2.10. The van der Waals surface area contributed by atoms with Crippen LogP contribution in [-0.2, 0) is 0 Å². The number of hydrogen-bond donors (Lipinski definition) is 2. The van der Waals surface area contributed by atoms with Crippen molar-refractivity contribution < 1.29 is 0 Å². The molecule has 2 aromatic rings. The molecule has 0 unspecified atom stereocenters. The van der Waals surface area contributed by atoms with Crippen molar-refractivity contribution in [2.45, 2.75) is 26.2 Å². The van der Waals surface area contributed by atoms with Gasteiger partial charge in [-0.1, -0.05) is 38.0 Å². The first-order chi connectivity index (χ1) is 9.65. The van der Waals surface area contributed by atoms with Crippen LogP contribution in [0.4, 0.5) is 5.69 Å². The fourth-order valence-corrected chi connectivity index (χ4v) is 2.45. The number of fused-ring (bicyclic) bond motifs is 1. The third-order valence-corrected chi connectivity index (χ3v) is 3.52. The highest BCUT2D eigenvalue weighted by molar-refractivity contribution is 6.07. The predicted octanol–water partition coefficient (Wildman–Crippen LogP) is 3.15. The molecule has 1 heterocycles. The molecule has 0 atom stereocenters. The molecule has 1 aromatic heterocycles. The van der Waals surface area contributed by atoms with Crippen molar-refractivity contribution in [2.75, 3.05) is 18.5 Å². The fourth-order valence-electron chi connectivity index (χ4n) is 2.45. The molecule has 0 saturated carbocycles. The average Bonchev–Trinajstić information content (AvgIpc) is 2.46. The number of amidine groups is 1. The maximum Gasteiger partial charge on any atom is 0.126 e. The molecule has 4 nitrogen and oxygen atoms in total. The number of unbranched alkanes of at least 4 members (excludes halogenated alkanes) is 2. The highest BCUT2D eigenvalue weighted by Gasteiger charge is 2.14. The molecule has 0 spiro atoms. The molecule has 2 rings (SSSR count). The van der Waals surface area contributed by atoms with E-state index in [2.05, 4.69) is 23.9 Å². The van der Waals surface area contributed by atoms with Crippen molar-refractivity contribution in [3.63, 3.8) is 0 Å². The Balaban J connectivity index is 2.46. The lowest BCUT2D eigenvalue weighted by atomic mass is 10.1. The molecule has 0 saturated heterocycles. The summed E-state index contributed by atoms with van der Waals surface area (Å²) in [4.78, 5) is 6.59. The van der Waals surface area contributed by atoms with Crippen molar-refractivity contribution in [3.05, 3.63) is 36.0 Å². The number of nitrogens with zero attached hydrogens (tertiary/aromatic N) is 2. The number of nitrogens with two attached hydrogens (primary N) is 1. The minimum Gasteiger partial charge on any atom is -0.384 e. The van der Waals surface area contributed by atoms with E-state index in [4.69, 9.17) is 11.1 Å². The van der Waals surface area contributed by atoms with E-state index in [1.165, 1.54) is 12.8 Å². The van der Waals surface area contributed by atoms with Gasteiger partial charge in [0, 0.05) is 25.2 Å². The van der Waals surface area contributed by atoms with E-state index in [9.17, 15) is 0 Å². The van der Waals surface area contributed by atoms with Gasteiger partial charge in [0.1, 0.15) is 5.84 Å². The first kappa shape index (κ1) is 14.3. The molecule has 0 bridgehead atoms. The summed E-state index contributed by atoms with van der Waals surface area (Å²) in [6, 6.07) is 8.00. The van der Waals surface area contributed by atoms with Gasteiger partial charge in [-0.3, -0.25) is 10.4 Å². The van der Waals surface area contributed by atoms with Crippen LogP contribution < -0.4 is 10.6 Å². The molecule has 106 valence electrons. The van der Waals surface area contributed by atoms with Gasteiger partial charge in [0.25, 0.3) is 0 Å². The summed E-state index contributed by atoms with van der Waals surface area (Å²) in [5.41, 5.74) is 8.38. The fraction of sp³-hybridized carbons (Fsp3) is 0.375. The highest BCUT2D eigenvalue weighted by Crippen LogP contribution is 2.28. The number of hydrogen-bond acceptors (Lipinski definition) is 3. The molecule has 0 fully saturated rings. The number of nitrogens with one attached hydrogen (secondary N) is 1. The molecule has 0 amide bonds. The van der Waals surface area contributed by atoms with Gasteiger partial charge >= 0.3 is 0 Å². The molecule has 20 heavy (non-hydrogen) atoms. The van der Waals surface area contributed by atoms with Crippen molar-refractivity contribution in [3.8, 4) is 0 Å². The van der Waals surface area contributed by atoms with Gasteiger partial charge in [-0.05, 0) is 12.5 Å². The summed E-state index contributed by atoms with van der Waals surface area (Å²) in [5.74, 6) is 0.0700. The number of benzene rings is 1. The Labute approximate surface area is 120 Å². The van der Waals surface area contributed by atoms with Gasteiger partial charge < -0.3 is 10.6 Å². The Kier molecular flexibility index (Phi) is 4.56. The van der Waals surface area contributed by atoms with Crippen LogP contribution in [0.1, 0.15) is 31.7 Å². The second-order valence-electron chi connectivity index (χ2n) is 5.08. The first-order valence-corrected chi connectivity index (χ1v) is 7.08. The molecular weight excluding hydrogens is 248 g/mol. The number of para-hydroxylation sites is 1. The van der Waals surface area contributed by atoms with E-state index in [0.717, 1.165) is 29.6 Å². The zero-order valence-electron chi connectivity index (χ0n) is 12.2. The summed E-state index contributed by atoms with van der Waals surface area (Å²) in [6.07, 6.45) is 5.25. The minimum atomic E-state index is 0.0700. The topological polar surface area (TPSA) is 66.0 Å². The summed E-state index contributed by atoms with van der Waals surface area (Å²) < 4.78 is 0. The summed E-state index contributed by atoms with van der Waals surface area (Å²) >= 11 is 0. The van der Waals surface area contributed by atoms with Crippen LogP contribution in [0.15, 0.2) is 30.5 Å². The van der Waals surface area contributed by atoms with E-state index in [1.54, 1.807) is 6.20 Å². The monoisotopic (exact) mass is 270 g/mol. The third-order valence-electron chi connectivity index (χ3n) is 3.52. The SMILES string of the molecule is CCCCCN(C)c1c(C(=N)N)cnc2ccccc12. The number of nitrogen functional groups attached to an aromatic ring is 1. The molecule has 4 heteroatoms. The van der Waals surface area contributed by atoms with Gasteiger partial charge in [0.2, 0.25) is 0 Å². The predicted molar refractivity (Wildman–Crippen MR) is 85.6 cm³/mol. The maximum atomic E-state index is 7.77. The lowest BCUT2D eigenvalue weighted by molar-refractivity contribution is 0.706. The van der Waals surface area contributed by atoms with E-state index in [1.807, 2.05) is 24.3 Å². The van der Waals surface area contributed by atoms with Gasteiger partial charge in [-0.2, -0.15) is 0 Å². The first-order valence-electron chi connectivity index (χ1n) is 7.08. The van der Waals surface area contributed by atoms with Gasteiger partial charge in [0.15, 0.2) is 0 Å². The van der Waals surface area contributed by atoms with E-state index >= 15 is 0 Å². The lowest BCUT2D eigenvalue weighted by Gasteiger charge is -2.23. The molecular formula is C16H22N4. The third kappa shape index (κ3) is 2.90. The molecule has 3 N–H and O–H groups in total. The Morgan fingerprint density at radius 3 is 2.75 bits per heavy atom. The van der Waals surface area contributed by atoms with Crippen molar-refractivity contribution >= 4 is 22.4 Å². The second-order valence-corrected chi connectivity index (χ2v) is 5.08. The van der Waals surface area contributed by atoms with Gasteiger partial charge in [0.05, 0.1) is 16.8 Å². The number of aromatic nitrogens is 1. The minimum absolute atomic E-state index is 0.0700. The zero-order chi connectivity index (χ0) is 14.5. The molecule has 0 aliphatic carbocycles. The van der Waals surface area contributed by atoms with E-state index in [0.29, 0.717) is 5.56 Å². The number of rotatable bonds is 6. The summed E-state index contributed by atoms with van der Waals surface area (Å²) in [5, 5.41) is 8.82. The highest BCUT2D eigenvalue weighted by atomic mass is 15.1. The molecule has 0 radical (unpaired) electrons. The van der Waals surface area contributed by atoms with Crippen LogP contribution in [0, 0.1) is 5.41 Å². The van der Waals surface area contributed by atoms with Crippen molar-refractivity contribution in [2.24, 2.45) is 5.73 Å². The lowest BCUT2D eigenvalue weighted by Crippen LogP contribution is -2.24. The molecule has 1 aromatic carbocycles. The summed E-state index contributed by atoms with van der Waals surface area (Å²) in [7, 11) is 2.06. The molecule has 0 aliphatic heterocycles. The van der Waals surface area contributed by atoms with Crippen LogP contribution in [0.25, 0.3) is 10.9 Å². The largest absolute Gasteiger partial charge is 0.384 e. The Morgan fingerprint density at radius 2 is 2.05 bits per heavy atom. The Morgan fingerprint density at radius 1 is 1.30 bits per heavy atom. The Bertz CT molecular complexity index is 606. The van der Waals surface area contributed by atoms with Crippen LogP contribution in [-0.4, -0.2) is 24.4 Å². The van der Waals surface area contributed by atoms with E-state index in [-0.39, 0.29) is 5.84 Å². The van der Waals surface area contributed by atoms with Crippen LogP contribution in [0.2, 0.25) is 0 Å². The summed E-state index contributed by atoms with van der Waals surface area (Å²) in [6.45, 7) is 3.16. The van der Waals surface area contributed by atoms with Crippen LogP contribution >= 0.6 is 0 Å². The van der Waals surface area contributed by atoms with Gasteiger partial charge in [-0.15, -0.1) is 0 Å². The standard InChI is InChI=1S/C16H22N4/c1-3-4-7-10-20(2)15-12-8-5-6-9-14(12)19-11-13(15)16(17)18/h5-6,8-9,11H,3-4,7,10H2,1-2H3,(H3,17,18). The number of anilines is 1. The second kappa shape index (κ2) is 6.37. The number of pyridine rings is 1. The quantitative estimate of drug-likeness (QED) is 0.481. The van der Waals surface area contributed by atoms with Crippen LogP contribution in [0.5, 0.6) is 0 Å². The zero-order valence-corrected chi connectivity index (χ0v) is 12.2. The van der Waals surface area contributed by atoms with E-state index < -0.39 is 0 Å². The van der Waals surface area contributed by atoms with Crippen molar-refractivity contribution in [1.82, 2.24) is 4.98 Å². The van der Waals surface area contributed by atoms with Crippen LogP contribution in [0.3, 0.4) is 0 Å². The van der Waals surface area contributed by atoms with Crippen molar-refractivity contribution in [1.29, 1.82) is 5.41 Å². The maximum absolute atomic E-state index is 7.77.